The molecular formula is C10H17N3O4S. The lowest BCUT2D eigenvalue weighted by Crippen LogP contribution is -2.32. The highest BCUT2D eigenvalue weighted by Crippen LogP contribution is 2.09. The molecule has 0 spiro atoms. The number of esters is 1. The quantitative estimate of drug-likeness (QED) is 0.743. The molecule has 0 aliphatic rings. The average Bonchev–Trinajstić information content (AvgIpc) is 2.77. The zero-order chi connectivity index (χ0) is 13.8. The fourth-order valence-corrected chi connectivity index (χ4v) is 2.68. The molecule has 0 saturated heterocycles. The van der Waals surface area contributed by atoms with Gasteiger partial charge in [0.1, 0.15) is 0 Å². The minimum Gasteiger partial charge on any atom is -0.464 e. The minimum absolute atomic E-state index is 0.0685. The van der Waals surface area contributed by atoms with Crippen molar-refractivity contribution >= 4 is 16.0 Å². The van der Waals surface area contributed by atoms with Crippen LogP contribution in [0.5, 0.6) is 0 Å². The molecule has 1 heterocycles. The molecule has 7 nitrogen and oxygen atoms in total. The Morgan fingerprint density at radius 2 is 2.28 bits per heavy atom. The molecule has 0 amide bonds. The highest BCUT2D eigenvalue weighted by molar-refractivity contribution is 7.89. The van der Waals surface area contributed by atoms with E-state index >= 15 is 0 Å². The second-order valence-corrected chi connectivity index (χ2v) is 5.60. The van der Waals surface area contributed by atoms with Crippen molar-refractivity contribution in [2.24, 2.45) is 0 Å². The largest absolute Gasteiger partial charge is 0.464 e. The zero-order valence-electron chi connectivity index (χ0n) is 10.6. The Balaban J connectivity index is 2.85. The average molecular weight is 275 g/mol. The third kappa shape index (κ3) is 3.54. The lowest BCUT2D eigenvalue weighted by molar-refractivity contribution is 0.0594. The smallest absolute Gasteiger partial charge is 0.358 e. The van der Waals surface area contributed by atoms with Gasteiger partial charge in [0.2, 0.25) is 0 Å². The van der Waals surface area contributed by atoms with Crippen LogP contribution in [0.4, 0.5) is 0 Å². The van der Waals surface area contributed by atoms with Gasteiger partial charge in [-0.1, -0.05) is 13.3 Å². The van der Waals surface area contributed by atoms with Gasteiger partial charge in [0, 0.05) is 12.1 Å². The van der Waals surface area contributed by atoms with E-state index < -0.39 is 16.0 Å². The highest BCUT2D eigenvalue weighted by atomic mass is 32.2. The first-order valence-electron chi connectivity index (χ1n) is 5.56. The van der Waals surface area contributed by atoms with Crippen molar-refractivity contribution in [1.29, 1.82) is 0 Å². The summed E-state index contributed by atoms with van der Waals surface area (Å²) in [5.41, 5.74) is -0.0685. The number of aromatic amines is 1. The van der Waals surface area contributed by atoms with E-state index in [0.29, 0.717) is 0 Å². The summed E-state index contributed by atoms with van der Waals surface area (Å²) in [7, 11) is -2.48. The van der Waals surface area contributed by atoms with Crippen molar-refractivity contribution in [1.82, 2.24) is 14.9 Å². The van der Waals surface area contributed by atoms with Crippen LogP contribution >= 0.6 is 0 Å². The van der Waals surface area contributed by atoms with Crippen molar-refractivity contribution in [3.05, 3.63) is 11.8 Å². The number of hydrogen-bond acceptors (Lipinski definition) is 5. The van der Waals surface area contributed by atoms with E-state index in [4.69, 9.17) is 0 Å². The van der Waals surface area contributed by atoms with E-state index in [-0.39, 0.29) is 16.8 Å². The number of carbonyl (C=O) groups excluding carboxylic acids is 1. The number of hydrogen-bond donors (Lipinski definition) is 2. The molecule has 8 heteroatoms. The summed E-state index contributed by atoms with van der Waals surface area (Å²) in [6.07, 6.45) is 1.61. The van der Waals surface area contributed by atoms with Gasteiger partial charge in [-0.05, 0) is 13.3 Å². The predicted molar refractivity (Wildman–Crippen MR) is 64.6 cm³/mol. The lowest BCUT2D eigenvalue weighted by atomic mass is 10.2. The van der Waals surface area contributed by atoms with Crippen LogP contribution in [0.25, 0.3) is 0 Å². The summed E-state index contributed by atoms with van der Waals surface area (Å²) >= 11 is 0. The van der Waals surface area contributed by atoms with E-state index in [2.05, 4.69) is 19.7 Å². The SMILES string of the molecule is CCCC(C)NS(=O)(=O)c1cc(C(=O)OC)n[nH]1. The summed E-state index contributed by atoms with van der Waals surface area (Å²) in [5.74, 6) is -0.686. The maximum atomic E-state index is 11.9. The molecule has 1 rings (SSSR count). The number of H-pyrrole nitrogens is 1. The molecule has 0 fully saturated rings. The maximum Gasteiger partial charge on any atom is 0.358 e. The first kappa shape index (κ1) is 14.7. The Kier molecular flexibility index (Phi) is 4.85. The van der Waals surface area contributed by atoms with Gasteiger partial charge < -0.3 is 4.74 Å². The second kappa shape index (κ2) is 5.96. The van der Waals surface area contributed by atoms with Crippen LogP contribution in [-0.4, -0.2) is 37.7 Å². The number of sulfonamides is 1. The number of aromatic nitrogens is 2. The van der Waals surface area contributed by atoms with Crippen LogP contribution in [0.1, 0.15) is 37.2 Å². The zero-order valence-corrected chi connectivity index (χ0v) is 11.4. The molecule has 1 aromatic rings. The maximum absolute atomic E-state index is 11.9. The van der Waals surface area contributed by atoms with Crippen LogP contribution in [0.3, 0.4) is 0 Å². The van der Waals surface area contributed by atoms with Crippen LogP contribution in [0.2, 0.25) is 0 Å². The Hall–Kier alpha value is -1.41. The van der Waals surface area contributed by atoms with Gasteiger partial charge in [-0.25, -0.2) is 17.9 Å². The molecule has 1 atom stereocenters. The standard InChI is InChI=1S/C10H17N3O4S/c1-4-5-7(2)13-18(15,16)9-6-8(11-12-9)10(14)17-3/h6-7,13H,4-5H2,1-3H3,(H,11,12). The molecule has 1 aromatic heterocycles. The first-order valence-corrected chi connectivity index (χ1v) is 7.05. The monoisotopic (exact) mass is 275 g/mol. The van der Waals surface area contributed by atoms with E-state index in [0.717, 1.165) is 18.9 Å². The van der Waals surface area contributed by atoms with E-state index in [9.17, 15) is 13.2 Å². The van der Waals surface area contributed by atoms with Gasteiger partial charge in [-0.3, -0.25) is 5.10 Å². The predicted octanol–water partition coefficient (Wildman–Crippen LogP) is 0.663. The molecule has 1 unspecified atom stereocenters. The van der Waals surface area contributed by atoms with Gasteiger partial charge in [0.15, 0.2) is 10.7 Å². The van der Waals surface area contributed by atoms with E-state index in [1.807, 2.05) is 6.92 Å². The normalized spacial score (nSPS) is 13.3. The Labute approximate surface area is 106 Å². The first-order chi connectivity index (χ1) is 8.40. The Morgan fingerprint density at radius 3 is 2.83 bits per heavy atom. The van der Waals surface area contributed by atoms with Crippen LogP contribution in [0.15, 0.2) is 11.1 Å². The third-order valence-electron chi connectivity index (χ3n) is 2.32. The van der Waals surface area contributed by atoms with Gasteiger partial charge in [-0.2, -0.15) is 5.10 Å². The molecule has 0 bridgehead atoms. The summed E-state index contributed by atoms with van der Waals surface area (Å²) < 4.78 is 30.8. The molecule has 102 valence electrons. The fraction of sp³-hybridized carbons (Fsp3) is 0.600. The minimum atomic E-state index is -3.68. The topological polar surface area (TPSA) is 101 Å². The van der Waals surface area contributed by atoms with Crippen molar-refractivity contribution in [3.63, 3.8) is 0 Å². The van der Waals surface area contributed by atoms with Crippen molar-refractivity contribution in [2.75, 3.05) is 7.11 Å². The molecule has 2 N–H and O–H groups in total. The number of nitrogens with zero attached hydrogens (tertiary/aromatic N) is 1. The van der Waals surface area contributed by atoms with Crippen molar-refractivity contribution in [3.8, 4) is 0 Å². The van der Waals surface area contributed by atoms with Crippen LogP contribution < -0.4 is 4.72 Å². The number of nitrogens with one attached hydrogen (secondary N) is 2. The van der Waals surface area contributed by atoms with Crippen LogP contribution in [-0.2, 0) is 14.8 Å². The Bertz CT molecular complexity index is 509. The van der Waals surface area contributed by atoms with Crippen molar-refractivity contribution in [2.45, 2.75) is 37.8 Å². The van der Waals surface area contributed by atoms with E-state index in [1.54, 1.807) is 6.92 Å². The molecule has 0 aliphatic carbocycles. The highest BCUT2D eigenvalue weighted by Gasteiger charge is 2.21. The molecular weight excluding hydrogens is 258 g/mol. The second-order valence-electron chi connectivity index (χ2n) is 3.92. The number of methoxy groups -OCH3 is 1. The van der Waals surface area contributed by atoms with E-state index in [1.165, 1.54) is 7.11 Å². The fourth-order valence-electron chi connectivity index (χ4n) is 1.47. The lowest BCUT2D eigenvalue weighted by Gasteiger charge is -2.11. The molecule has 0 aliphatic heterocycles. The van der Waals surface area contributed by atoms with Gasteiger partial charge in [0.05, 0.1) is 7.11 Å². The van der Waals surface area contributed by atoms with Gasteiger partial charge in [0.25, 0.3) is 10.0 Å². The Morgan fingerprint density at radius 1 is 1.61 bits per heavy atom. The molecule has 0 saturated carbocycles. The summed E-state index contributed by atoms with van der Waals surface area (Å²) in [5, 5.41) is 5.75. The summed E-state index contributed by atoms with van der Waals surface area (Å²) in [6.45, 7) is 3.75. The van der Waals surface area contributed by atoms with Crippen molar-refractivity contribution < 1.29 is 17.9 Å². The molecule has 0 radical (unpaired) electrons. The summed E-state index contributed by atoms with van der Waals surface area (Å²) in [4.78, 5) is 11.2. The van der Waals surface area contributed by atoms with Crippen LogP contribution in [0, 0.1) is 0 Å². The number of rotatable bonds is 6. The number of ether oxygens (including phenoxy) is 1. The molecule has 18 heavy (non-hydrogen) atoms. The summed E-state index contributed by atoms with van der Waals surface area (Å²) in [6, 6.07) is 0.970. The molecule has 0 aromatic carbocycles. The van der Waals surface area contributed by atoms with Gasteiger partial charge in [-0.15, -0.1) is 0 Å². The third-order valence-corrected chi connectivity index (χ3v) is 3.82. The number of carbonyl (C=O) groups is 1. The van der Waals surface area contributed by atoms with Gasteiger partial charge >= 0.3 is 5.97 Å².